The molecule has 0 saturated heterocycles. The Morgan fingerprint density at radius 1 is 1.27 bits per heavy atom. The predicted molar refractivity (Wildman–Crippen MR) is 61.3 cm³/mol. The number of hydrogen-bond acceptors (Lipinski definition) is 1. The van der Waals surface area contributed by atoms with Gasteiger partial charge in [-0.05, 0) is 48.9 Å². The summed E-state index contributed by atoms with van der Waals surface area (Å²) < 4.78 is 0. The summed E-state index contributed by atoms with van der Waals surface area (Å²) >= 11 is 0. The van der Waals surface area contributed by atoms with Crippen molar-refractivity contribution in [3.63, 3.8) is 0 Å². The van der Waals surface area contributed by atoms with Crippen LogP contribution in [0.15, 0.2) is 29.1 Å². The fraction of sp³-hybridized carbons (Fsp3) is 0.308. The van der Waals surface area contributed by atoms with Crippen molar-refractivity contribution in [3.05, 3.63) is 45.7 Å². The number of fused-ring (bicyclic) bond motifs is 1. The third-order valence-electron chi connectivity index (χ3n) is 3.12. The quantitative estimate of drug-likeness (QED) is 0.752. The number of aromatic amines is 1. The Morgan fingerprint density at radius 3 is 2.80 bits per heavy atom. The zero-order chi connectivity index (χ0) is 10.4. The number of nitrogens with one attached hydrogen (secondary N) is 1. The molecule has 0 atom stereocenters. The van der Waals surface area contributed by atoms with Gasteiger partial charge in [0.25, 0.3) is 0 Å². The first-order valence-electron chi connectivity index (χ1n) is 5.37. The highest BCUT2D eigenvalue weighted by atomic mass is 16.1. The monoisotopic (exact) mass is 199 g/mol. The lowest BCUT2D eigenvalue weighted by Gasteiger charge is -2.04. The zero-order valence-electron chi connectivity index (χ0n) is 8.71. The molecule has 2 nitrogen and oxygen atoms in total. The van der Waals surface area contributed by atoms with Gasteiger partial charge in [0.1, 0.15) is 0 Å². The van der Waals surface area contributed by atoms with Gasteiger partial charge in [0.05, 0.1) is 0 Å². The van der Waals surface area contributed by atoms with Gasteiger partial charge in [0, 0.05) is 17.0 Å². The Hall–Kier alpha value is -1.57. The number of H-pyrrole nitrogens is 1. The van der Waals surface area contributed by atoms with E-state index in [0.29, 0.717) is 0 Å². The minimum absolute atomic E-state index is 0.0147. The van der Waals surface area contributed by atoms with Crippen LogP contribution in [0.25, 0.3) is 10.9 Å². The summed E-state index contributed by atoms with van der Waals surface area (Å²) in [5, 5.41) is 1.18. The van der Waals surface area contributed by atoms with Gasteiger partial charge in [-0.2, -0.15) is 0 Å². The fourth-order valence-corrected chi connectivity index (χ4v) is 2.11. The van der Waals surface area contributed by atoms with Crippen LogP contribution in [-0.4, -0.2) is 4.98 Å². The second-order valence-electron chi connectivity index (χ2n) is 4.40. The van der Waals surface area contributed by atoms with Crippen LogP contribution in [0.2, 0.25) is 0 Å². The van der Waals surface area contributed by atoms with Gasteiger partial charge >= 0.3 is 0 Å². The maximum atomic E-state index is 11.3. The van der Waals surface area contributed by atoms with Gasteiger partial charge in [-0.15, -0.1) is 0 Å². The van der Waals surface area contributed by atoms with Crippen LogP contribution in [-0.2, 0) is 0 Å². The van der Waals surface area contributed by atoms with Crippen molar-refractivity contribution in [2.75, 3.05) is 0 Å². The maximum absolute atomic E-state index is 11.3. The molecule has 0 amide bonds. The number of aryl methyl sites for hydroxylation is 1. The topological polar surface area (TPSA) is 32.9 Å². The van der Waals surface area contributed by atoms with Crippen LogP contribution in [0.1, 0.15) is 29.9 Å². The van der Waals surface area contributed by atoms with Crippen LogP contribution in [0.3, 0.4) is 0 Å². The first-order chi connectivity index (χ1) is 7.24. The first kappa shape index (κ1) is 8.72. The molecule has 1 saturated carbocycles. The molecule has 0 unspecified atom stereocenters. The normalized spacial score (nSPS) is 15.8. The number of aromatic nitrogens is 1. The minimum Gasteiger partial charge on any atom is -0.322 e. The summed E-state index contributed by atoms with van der Waals surface area (Å²) in [4.78, 5) is 14.1. The Morgan fingerprint density at radius 2 is 2.07 bits per heavy atom. The summed E-state index contributed by atoms with van der Waals surface area (Å²) in [6, 6.07) is 8.05. The molecule has 76 valence electrons. The zero-order valence-corrected chi connectivity index (χ0v) is 8.71. The van der Waals surface area contributed by atoms with E-state index >= 15 is 0 Å². The molecule has 1 aliphatic rings. The molecule has 1 aromatic carbocycles. The maximum Gasteiger partial charge on any atom is 0.248 e. The van der Waals surface area contributed by atoms with E-state index < -0.39 is 0 Å². The first-order valence-corrected chi connectivity index (χ1v) is 5.37. The average molecular weight is 199 g/mol. The number of hydrogen-bond donors (Lipinski definition) is 1. The standard InChI is InChI=1S/C13H13NO/c1-8-6-13(15)14-12-5-4-10(7-11(8)12)9-2-3-9/h4-7,9H,2-3H2,1H3,(H,14,15). The van der Waals surface area contributed by atoms with E-state index in [1.807, 2.05) is 13.0 Å². The molecule has 0 bridgehead atoms. The van der Waals surface area contributed by atoms with E-state index in [2.05, 4.69) is 17.1 Å². The molecule has 2 heteroatoms. The van der Waals surface area contributed by atoms with Crippen LogP contribution >= 0.6 is 0 Å². The lowest BCUT2D eigenvalue weighted by Crippen LogP contribution is -2.04. The Kier molecular flexibility index (Phi) is 1.72. The molecular formula is C13H13NO. The minimum atomic E-state index is -0.0147. The molecule has 1 aliphatic carbocycles. The fourth-order valence-electron chi connectivity index (χ4n) is 2.11. The molecule has 0 aliphatic heterocycles. The predicted octanol–water partition coefficient (Wildman–Crippen LogP) is 2.71. The molecule has 0 spiro atoms. The molecule has 0 radical (unpaired) electrons. The second kappa shape index (κ2) is 2.96. The van der Waals surface area contributed by atoms with Crippen LogP contribution in [0.5, 0.6) is 0 Å². The third-order valence-corrected chi connectivity index (χ3v) is 3.12. The summed E-state index contributed by atoms with van der Waals surface area (Å²) in [6.07, 6.45) is 2.63. The Bertz CT molecular complexity index is 579. The molecule has 1 fully saturated rings. The highest BCUT2D eigenvalue weighted by Gasteiger charge is 2.23. The van der Waals surface area contributed by atoms with E-state index in [9.17, 15) is 4.79 Å². The Labute approximate surface area is 87.9 Å². The summed E-state index contributed by atoms with van der Waals surface area (Å²) in [5.41, 5.74) is 3.41. The van der Waals surface area contributed by atoms with E-state index in [0.717, 1.165) is 17.0 Å². The van der Waals surface area contributed by atoms with E-state index in [-0.39, 0.29) is 5.56 Å². The molecule has 1 heterocycles. The molecular weight excluding hydrogens is 186 g/mol. The number of pyridine rings is 1. The Balaban J connectivity index is 2.29. The van der Waals surface area contributed by atoms with Crippen LogP contribution in [0, 0.1) is 6.92 Å². The van der Waals surface area contributed by atoms with Crippen molar-refractivity contribution in [3.8, 4) is 0 Å². The third kappa shape index (κ3) is 1.46. The van der Waals surface area contributed by atoms with Crippen molar-refractivity contribution in [1.29, 1.82) is 0 Å². The molecule has 15 heavy (non-hydrogen) atoms. The summed E-state index contributed by atoms with van der Waals surface area (Å²) in [6.45, 7) is 1.99. The lowest BCUT2D eigenvalue weighted by molar-refractivity contribution is 1.13. The molecule has 1 N–H and O–H groups in total. The van der Waals surface area contributed by atoms with E-state index in [1.54, 1.807) is 6.07 Å². The summed E-state index contributed by atoms with van der Waals surface area (Å²) in [7, 11) is 0. The van der Waals surface area contributed by atoms with Gasteiger partial charge in [-0.1, -0.05) is 6.07 Å². The second-order valence-corrected chi connectivity index (χ2v) is 4.40. The number of benzene rings is 1. The summed E-state index contributed by atoms with van der Waals surface area (Å²) in [5.74, 6) is 0.765. The molecule has 1 aromatic heterocycles. The molecule has 2 aromatic rings. The van der Waals surface area contributed by atoms with E-state index in [4.69, 9.17) is 0 Å². The van der Waals surface area contributed by atoms with Gasteiger partial charge in [-0.25, -0.2) is 0 Å². The van der Waals surface area contributed by atoms with Gasteiger partial charge in [-0.3, -0.25) is 4.79 Å². The smallest absolute Gasteiger partial charge is 0.248 e. The van der Waals surface area contributed by atoms with Crippen molar-refractivity contribution in [2.45, 2.75) is 25.7 Å². The van der Waals surface area contributed by atoms with Gasteiger partial charge in [0.15, 0.2) is 0 Å². The highest BCUT2D eigenvalue weighted by Crippen LogP contribution is 2.40. The SMILES string of the molecule is Cc1cc(=O)[nH]c2ccc(C3CC3)cc12. The van der Waals surface area contributed by atoms with Gasteiger partial charge < -0.3 is 4.98 Å². The average Bonchev–Trinajstić information content (AvgIpc) is 3.00. The van der Waals surface area contributed by atoms with Crippen molar-refractivity contribution < 1.29 is 0 Å². The number of rotatable bonds is 1. The van der Waals surface area contributed by atoms with Gasteiger partial charge in [0.2, 0.25) is 5.56 Å². The lowest BCUT2D eigenvalue weighted by atomic mass is 10.0. The van der Waals surface area contributed by atoms with E-state index in [1.165, 1.54) is 23.8 Å². The highest BCUT2D eigenvalue weighted by molar-refractivity contribution is 5.82. The largest absolute Gasteiger partial charge is 0.322 e. The van der Waals surface area contributed by atoms with Crippen LogP contribution < -0.4 is 5.56 Å². The van der Waals surface area contributed by atoms with Crippen molar-refractivity contribution in [1.82, 2.24) is 4.98 Å². The van der Waals surface area contributed by atoms with Crippen molar-refractivity contribution in [2.24, 2.45) is 0 Å². The van der Waals surface area contributed by atoms with Crippen LogP contribution in [0.4, 0.5) is 0 Å². The molecule has 3 rings (SSSR count). The van der Waals surface area contributed by atoms with Crippen molar-refractivity contribution >= 4 is 10.9 Å².